The van der Waals surface area contributed by atoms with Crippen molar-refractivity contribution in [3.05, 3.63) is 134 Å². The summed E-state index contributed by atoms with van der Waals surface area (Å²) in [5, 5.41) is 2.24. The van der Waals surface area contributed by atoms with Gasteiger partial charge >= 0.3 is 0 Å². The predicted octanol–water partition coefficient (Wildman–Crippen LogP) is 4.16. The van der Waals surface area contributed by atoms with E-state index >= 15 is 0 Å². The molecule has 0 aliphatic heterocycles. The molecule has 0 unspecified atom stereocenters. The molecule has 3 heteroatoms. The fourth-order valence-electron chi connectivity index (χ4n) is 5.50. The molecule has 0 amide bonds. The van der Waals surface area contributed by atoms with Gasteiger partial charge in [-0.15, -0.1) is 0 Å². The van der Waals surface area contributed by atoms with Crippen LogP contribution in [0, 0.1) is 0 Å². The predicted molar refractivity (Wildman–Crippen MR) is 141 cm³/mol. The Morgan fingerprint density at radius 1 is 0.455 bits per heavy atom. The zero-order chi connectivity index (χ0) is 22.1. The van der Waals surface area contributed by atoms with Crippen LogP contribution >= 0.6 is 0 Å². The van der Waals surface area contributed by atoms with Crippen molar-refractivity contribution in [1.82, 2.24) is 9.97 Å². The maximum absolute atomic E-state index is 4.81. The average Bonchev–Trinajstić information content (AvgIpc) is 2.91. The van der Waals surface area contributed by atoms with Crippen molar-refractivity contribution < 1.29 is 0 Å². The molecule has 4 aromatic carbocycles. The van der Waals surface area contributed by atoms with Gasteiger partial charge in [-0.1, -0.05) is 109 Å². The van der Waals surface area contributed by atoms with Crippen molar-refractivity contribution >= 4 is 49.8 Å². The van der Waals surface area contributed by atoms with Crippen LogP contribution in [0.25, 0.3) is 21.8 Å². The van der Waals surface area contributed by atoms with E-state index in [4.69, 9.17) is 9.97 Å². The van der Waals surface area contributed by atoms with Crippen LogP contribution in [0.2, 0.25) is 0 Å². The van der Waals surface area contributed by atoms with E-state index in [0.717, 1.165) is 21.8 Å². The minimum atomic E-state index is -1.48. The monoisotopic (exact) mass is 421 g/mol. The highest BCUT2D eigenvalue weighted by Gasteiger charge is 2.33. The van der Waals surface area contributed by atoms with Gasteiger partial charge in [-0.3, -0.25) is 9.97 Å². The third kappa shape index (κ3) is 3.05. The van der Waals surface area contributed by atoms with Crippen LogP contribution in [0.5, 0.6) is 0 Å². The van der Waals surface area contributed by atoms with Crippen LogP contribution in [0.4, 0.5) is 0 Å². The van der Waals surface area contributed by atoms with Crippen molar-refractivity contribution in [2.24, 2.45) is 0 Å². The van der Waals surface area contributed by atoms with Gasteiger partial charge in [-0.25, -0.2) is 0 Å². The lowest BCUT2D eigenvalue weighted by Gasteiger charge is -2.45. The second-order valence-electron chi connectivity index (χ2n) is 8.54. The van der Waals surface area contributed by atoms with Crippen LogP contribution in [-0.2, 0) is 0 Å². The highest BCUT2D eigenvalue weighted by Crippen LogP contribution is 2.23. The Morgan fingerprint density at radius 2 is 0.939 bits per heavy atom. The molecule has 6 aromatic rings. The van der Waals surface area contributed by atoms with E-state index < -0.39 is 6.15 Å². The molecule has 0 radical (unpaired) electrons. The maximum Gasteiger partial charge on any atom is 0.109 e. The quantitative estimate of drug-likeness (QED) is 0.316. The summed E-state index contributed by atoms with van der Waals surface area (Å²) in [6.45, 7) is 0. The molecule has 156 valence electrons. The molecule has 6 rings (SSSR count). The molecule has 0 bridgehead atoms. The SMILES string of the molecule is c1ccc([B-](c2ccccc2)(c2ccccc2)c2cc3cccnc3c3ncccc23)cc1. The van der Waals surface area contributed by atoms with Gasteiger partial charge in [0.15, 0.2) is 0 Å². The van der Waals surface area contributed by atoms with E-state index in [-0.39, 0.29) is 0 Å². The van der Waals surface area contributed by atoms with Crippen LogP contribution in [-0.4, -0.2) is 16.1 Å². The van der Waals surface area contributed by atoms with Crippen molar-refractivity contribution in [2.45, 2.75) is 0 Å². The van der Waals surface area contributed by atoms with E-state index in [9.17, 15) is 0 Å². The lowest BCUT2D eigenvalue weighted by molar-refractivity contribution is 1.38. The van der Waals surface area contributed by atoms with Crippen molar-refractivity contribution in [3.63, 3.8) is 0 Å². The number of pyridine rings is 2. The number of hydrogen-bond acceptors (Lipinski definition) is 2. The molecule has 33 heavy (non-hydrogen) atoms. The molecule has 2 nitrogen and oxygen atoms in total. The molecular weight excluding hydrogens is 399 g/mol. The Balaban J connectivity index is 1.87. The second-order valence-corrected chi connectivity index (χ2v) is 8.54. The van der Waals surface area contributed by atoms with E-state index in [1.54, 1.807) is 0 Å². The first-order valence-corrected chi connectivity index (χ1v) is 11.3. The van der Waals surface area contributed by atoms with Gasteiger partial charge in [0.25, 0.3) is 0 Å². The van der Waals surface area contributed by atoms with Gasteiger partial charge in [-0.05, 0) is 22.9 Å². The van der Waals surface area contributed by atoms with Crippen molar-refractivity contribution in [2.75, 3.05) is 0 Å². The van der Waals surface area contributed by atoms with Gasteiger partial charge in [0.2, 0.25) is 0 Å². The molecule has 0 fully saturated rings. The Hall–Kier alpha value is -4.24. The summed E-state index contributed by atoms with van der Waals surface area (Å²) in [6, 6.07) is 43.4. The molecule has 0 aliphatic carbocycles. The van der Waals surface area contributed by atoms with E-state index in [1.807, 2.05) is 24.5 Å². The summed E-state index contributed by atoms with van der Waals surface area (Å²) >= 11 is 0. The molecule has 2 aromatic heterocycles. The first-order valence-electron chi connectivity index (χ1n) is 11.3. The second kappa shape index (κ2) is 8.03. The molecule has 2 heterocycles. The summed E-state index contributed by atoms with van der Waals surface area (Å²) in [7, 11) is 0. The Labute approximate surface area is 193 Å². The Bertz CT molecular complexity index is 1450. The molecule has 0 spiro atoms. The molecular formula is C30H22BN2-. The molecule has 0 saturated carbocycles. The van der Waals surface area contributed by atoms with Crippen molar-refractivity contribution in [3.8, 4) is 0 Å². The molecule has 0 aliphatic rings. The smallest absolute Gasteiger partial charge is 0.109 e. The lowest BCUT2D eigenvalue weighted by Crippen LogP contribution is -2.74. The van der Waals surface area contributed by atoms with Crippen LogP contribution < -0.4 is 21.9 Å². The summed E-state index contributed by atoms with van der Waals surface area (Å²) in [6.07, 6.45) is 2.23. The topological polar surface area (TPSA) is 25.8 Å². The molecule has 0 saturated heterocycles. The number of nitrogens with zero attached hydrogens (tertiary/aromatic N) is 2. The van der Waals surface area contributed by atoms with E-state index in [1.165, 1.54) is 21.9 Å². The number of benzene rings is 4. The van der Waals surface area contributed by atoms with Gasteiger partial charge < -0.3 is 0 Å². The summed E-state index contributed by atoms with van der Waals surface area (Å²) < 4.78 is 0. The summed E-state index contributed by atoms with van der Waals surface area (Å²) in [5.41, 5.74) is 6.99. The zero-order valence-electron chi connectivity index (χ0n) is 18.2. The van der Waals surface area contributed by atoms with E-state index in [0.29, 0.717) is 0 Å². The van der Waals surface area contributed by atoms with Crippen LogP contribution in [0.3, 0.4) is 0 Å². The molecule has 0 N–H and O–H groups in total. The zero-order valence-corrected chi connectivity index (χ0v) is 18.2. The molecule has 0 atom stereocenters. The summed E-state index contributed by atoms with van der Waals surface area (Å²) in [4.78, 5) is 9.51. The standard InChI is InChI=1S/C30H22BN2/c1-4-13-24(14-5-1)31(25-15-6-2-7-16-25,26-17-8-3-9-18-26)28-22-23-12-10-20-32-29(23)30-27(28)19-11-21-33-30/h1-22H/q-1. The van der Waals surface area contributed by atoms with Crippen LogP contribution in [0.1, 0.15) is 0 Å². The Morgan fingerprint density at radius 3 is 1.48 bits per heavy atom. The highest BCUT2D eigenvalue weighted by atomic mass is 14.7. The fourth-order valence-corrected chi connectivity index (χ4v) is 5.50. The van der Waals surface area contributed by atoms with E-state index in [2.05, 4.69) is 109 Å². The summed E-state index contributed by atoms with van der Waals surface area (Å²) in [5.74, 6) is 0. The average molecular weight is 421 g/mol. The van der Waals surface area contributed by atoms with Gasteiger partial charge in [0, 0.05) is 12.4 Å². The minimum absolute atomic E-state index is 0.940. The van der Waals surface area contributed by atoms with Gasteiger partial charge in [0.1, 0.15) is 6.15 Å². The third-order valence-electron chi connectivity index (χ3n) is 6.86. The van der Waals surface area contributed by atoms with Gasteiger partial charge in [-0.2, -0.15) is 21.9 Å². The first-order chi connectivity index (χ1) is 16.4. The highest BCUT2D eigenvalue weighted by molar-refractivity contribution is 7.20. The minimum Gasteiger partial charge on any atom is -0.254 e. The van der Waals surface area contributed by atoms with Crippen LogP contribution in [0.15, 0.2) is 134 Å². The largest absolute Gasteiger partial charge is 0.254 e. The number of rotatable bonds is 4. The number of aromatic nitrogens is 2. The lowest BCUT2D eigenvalue weighted by atomic mass is 9.12. The van der Waals surface area contributed by atoms with Crippen molar-refractivity contribution in [1.29, 1.82) is 0 Å². The van der Waals surface area contributed by atoms with Gasteiger partial charge in [0.05, 0.1) is 11.0 Å². The number of hydrogen-bond donors (Lipinski definition) is 0. The Kier molecular flexibility index (Phi) is 4.73. The number of fused-ring (bicyclic) bond motifs is 3. The first kappa shape index (κ1) is 19.5. The fraction of sp³-hybridized carbons (Fsp3) is 0. The normalized spacial score (nSPS) is 11.6. The maximum atomic E-state index is 4.81. The third-order valence-corrected chi connectivity index (χ3v) is 6.86.